The molecule has 0 bridgehead atoms. The zero-order valence-corrected chi connectivity index (χ0v) is 21.4. The van der Waals surface area contributed by atoms with Crippen molar-refractivity contribution >= 4 is 5.91 Å². The SMILES string of the molecule is O=C(NCC(Cc1ccccc1)(c1cccc(OC(F)(F)F)c1)c1cccc(OC(F)(F)F)c1)c1cc(F)cc(F)c1. The molecule has 0 saturated heterocycles. The van der Waals surface area contributed by atoms with Crippen LogP contribution in [0.25, 0.3) is 0 Å². The van der Waals surface area contributed by atoms with Gasteiger partial charge in [0.1, 0.15) is 23.1 Å². The van der Waals surface area contributed by atoms with Crippen molar-refractivity contribution in [1.29, 1.82) is 0 Å². The first kappa shape index (κ1) is 30.4. The van der Waals surface area contributed by atoms with E-state index in [1.54, 1.807) is 30.3 Å². The van der Waals surface area contributed by atoms with E-state index in [2.05, 4.69) is 14.8 Å². The standard InChI is InChI=1S/C30H21F8NO3/c31-23-12-20(13-24(32)16-23)27(40)39-18-28(17-19-6-2-1-3-7-19,21-8-4-10-25(14-21)41-29(33,34)35)22-9-5-11-26(15-22)42-30(36,37)38/h1-16H,17-18H2,(H,39,40). The number of nitrogens with one attached hydrogen (secondary N) is 1. The lowest BCUT2D eigenvalue weighted by atomic mass is 9.70. The average molecular weight is 595 g/mol. The molecular formula is C30H21F8NO3. The summed E-state index contributed by atoms with van der Waals surface area (Å²) in [7, 11) is 0. The molecule has 4 nitrogen and oxygen atoms in total. The van der Waals surface area contributed by atoms with Crippen molar-refractivity contribution in [3.63, 3.8) is 0 Å². The number of hydrogen-bond acceptors (Lipinski definition) is 3. The molecule has 1 N–H and O–H groups in total. The lowest BCUT2D eigenvalue weighted by molar-refractivity contribution is -0.275. The van der Waals surface area contributed by atoms with Gasteiger partial charge in [0.05, 0.1) is 0 Å². The van der Waals surface area contributed by atoms with Crippen LogP contribution in [-0.2, 0) is 11.8 Å². The fourth-order valence-corrected chi connectivity index (χ4v) is 4.58. The highest BCUT2D eigenvalue weighted by Gasteiger charge is 2.38. The summed E-state index contributed by atoms with van der Waals surface area (Å²) in [5, 5.41) is 2.55. The Kier molecular flexibility index (Phi) is 8.74. The van der Waals surface area contributed by atoms with E-state index >= 15 is 0 Å². The number of alkyl halides is 6. The van der Waals surface area contributed by atoms with Crippen LogP contribution in [0.15, 0.2) is 97.1 Å². The number of amides is 1. The Bertz CT molecular complexity index is 1460. The first-order valence-electron chi connectivity index (χ1n) is 12.2. The van der Waals surface area contributed by atoms with Crippen LogP contribution in [0.1, 0.15) is 27.0 Å². The monoisotopic (exact) mass is 595 g/mol. The zero-order valence-electron chi connectivity index (χ0n) is 21.4. The van der Waals surface area contributed by atoms with Crippen LogP contribution in [0.3, 0.4) is 0 Å². The van der Waals surface area contributed by atoms with Gasteiger partial charge in [0.25, 0.3) is 5.91 Å². The summed E-state index contributed by atoms with van der Waals surface area (Å²) >= 11 is 0. The second-order valence-electron chi connectivity index (χ2n) is 9.24. The van der Waals surface area contributed by atoms with E-state index in [9.17, 15) is 39.9 Å². The number of hydrogen-bond donors (Lipinski definition) is 1. The van der Waals surface area contributed by atoms with Crippen molar-refractivity contribution in [2.75, 3.05) is 6.54 Å². The van der Waals surface area contributed by atoms with E-state index in [1.807, 2.05) is 0 Å². The minimum Gasteiger partial charge on any atom is -0.406 e. The number of rotatable bonds is 9. The van der Waals surface area contributed by atoms with Gasteiger partial charge in [-0.25, -0.2) is 8.78 Å². The van der Waals surface area contributed by atoms with E-state index in [1.165, 1.54) is 24.3 Å². The van der Waals surface area contributed by atoms with Crippen LogP contribution in [-0.4, -0.2) is 25.2 Å². The van der Waals surface area contributed by atoms with Crippen molar-refractivity contribution in [2.45, 2.75) is 24.6 Å². The van der Waals surface area contributed by atoms with Gasteiger partial charge in [0, 0.05) is 23.6 Å². The van der Waals surface area contributed by atoms with Gasteiger partial charge in [-0.2, -0.15) is 0 Å². The summed E-state index contributed by atoms with van der Waals surface area (Å²) in [5.41, 5.74) is -1.07. The largest absolute Gasteiger partial charge is 0.573 e. The summed E-state index contributed by atoms with van der Waals surface area (Å²) in [4.78, 5) is 13.0. The summed E-state index contributed by atoms with van der Waals surface area (Å²) in [6.45, 7) is -0.427. The van der Waals surface area contributed by atoms with Crippen molar-refractivity contribution < 1.29 is 49.4 Å². The molecule has 0 atom stereocenters. The third-order valence-corrected chi connectivity index (χ3v) is 6.26. The van der Waals surface area contributed by atoms with Crippen LogP contribution >= 0.6 is 0 Å². The van der Waals surface area contributed by atoms with E-state index < -0.39 is 53.7 Å². The first-order chi connectivity index (χ1) is 19.7. The fraction of sp³-hybridized carbons (Fsp3) is 0.167. The Morgan fingerprint density at radius 3 is 1.62 bits per heavy atom. The van der Waals surface area contributed by atoms with Crippen LogP contribution < -0.4 is 14.8 Å². The Morgan fingerprint density at radius 1 is 0.643 bits per heavy atom. The molecule has 220 valence electrons. The highest BCUT2D eigenvalue weighted by Crippen LogP contribution is 2.40. The summed E-state index contributed by atoms with van der Waals surface area (Å²) < 4.78 is 114. The first-order valence-corrected chi connectivity index (χ1v) is 12.2. The molecule has 0 fully saturated rings. The molecule has 0 spiro atoms. The minimum atomic E-state index is -5.04. The topological polar surface area (TPSA) is 47.6 Å². The molecule has 42 heavy (non-hydrogen) atoms. The van der Waals surface area contributed by atoms with Gasteiger partial charge in [0.2, 0.25) is 0 Å². The minimum absolute atomic E-state index is 0.0451. The second-order valence-corrected chi connectivity index (χ2v) is 9.24. The highest BCUT2D eigenvalue weighted by atomic mass is 19.4. The molecule has 4 rings (SSSR count). The predicted octanol–water partition coefficient (Wildman–Crippen LogP) is 7.72. The number of carbonyl (C=O) groups excluding carboxylic acids is 1. The molecule has 4 aromatic rings. The molecule has 0 unspecified atom stereocenters. The smallest absolute Gasteiger partial charge is 0.406 e. The molecular weight excluding hydrogens is 574 g/mol. The predicted molar refractivity (Wildman–Crippen MR) is 136 cm³/mol. The lowest BCUT2D eigenvalue weighted by Crippen LogP contribution is -2.43. The second kappa shape index (κ2) is 12.1. The molecule has 1 amide bonds. The van der Waals surface area contributed by atoms with E-state index in [0.717, 1.165) is 36.4 Å². The number of halogens is 8. The van der Waals surface area contributed by atoms with E-state index in [-0.39, 0.29) is 23.1 Å². The maximum Gasteiger partial charge on any atom is 0.573 e. The molecule has 4 aromatic carbocycles. The summed E-state index contributed by atoms with van der Waals surface area (Å²) in [6, 6.07) is 20.2. The number of carbonyl (C=O) groups is 1. The van der Waals surface area contributed by atoms with Gasteiger partial charge < -0.3 is 14.8 Å². The maximum atomic E-state index is 13.8. The molecule has 12 heteroatoms. The third kappa shape index (κ3) is 7.99. The molecule has 0 radical (unpaired) electrons. The molecule has 0 aliphatic carbocycles. The number of benzene rings is 4. The van der Waals surface area contributed by atoms with Gasteiger partial charge in [-0.3, -0.25) is 4.79 Å². The molecule has 0 saturated carbocycles. The van der Waals surface area contributed by atoms with Crippen LogP contribution in [0, 0.1) is 11.6 Å². The highest BCUT2D eigenvalue weighted by molar-refractivity contribution is 5.94. The van der Waals surface area contributed by atoms with Gasteiger partial charge >= 0.3 is 12.7 Å². The Hall–Kier alpha value is -4.61. The molecule has 0 aliphatic rings. The molecule has 0 heterocycles. The zero-order chi connectivity index (χ0) is 30.5. The van der Waals surface area contributed by atoms with E-state index in [0.29, 0.717) is 11.6 Å². The van der Waals surface area contributed by atoms with Crippen LogP contribution in [0.5, 0.6) is 11.5 Å². The van der Waals surface area contributed by atoms with Crippen LogP contribution in [0.2, 0.25) is 0 Å². The van der Waals surface area contributed by atoms with Gasteiger partial charge in [-0.15, -0.1) is 26.3 Å². The summed E-state index contributed by atoms with van der Waals surface area (Å²) in [6.07, 6.45) is -10.1. The van der Waals surface area contributed by atoms with Gasteiger partial charge in [0.15, 0.2) is 0 Å². The molecule has 0 aliphatic heterocycles. The molecule has 0 aromatic heterocycles. The Labute approximate surface area is 234 Å². The summed E-state index contributed by atoms with van der Waals surface area (Å²) in [5.74, 6) is -4.21. The van der Waals surface area contributed by atoms with E-state index in [4.69, 9.17) is 0 Å². The average Bonchev–Trinajstić information content (AvgIpc) is 2.89. The fourth-order valence-electron chi connectivity index (χ4n) is 4.58. The quantitative estimate of drug-likeness (QED) is 0.202. The lowest BCUT2D eigenvalue weighted by Gasteiger charge is -2.36. The Morgan fingerprint density at radius 2 is 1.14 bits per heavy atom. The van der Waals surface area contributed by atoms with Crippen molar-refractivity contribution in [3.8, 4) is 11.5 Å². The number of ether oxygens (including phenoxy) is 2. The third-order valence-electron chi connectivity index (χ3n) is 6.26. The van der Waals surface area contributed by atoms with Crippen molar-refractivity contribution in [3.05, 3.63) is 131 Å². The van der Waals surface area contributed by atoms with Gasteiger partial charge in [-0.1, -0.05) is 54.6 Å². The van der Waals surface area contributed by atoms with Gasteiger partial charge in [-0.05, 0) is 59.5 Å². The van der Waals surface area contributed by atoms with Crippen molar-refractivity contribution in [1.82, 2.24) is 5.32 Å². The Balaban J connectivity index is 1.88. The normalized spacial score (nSPS) is 12.1. The maximum absolute atomic E-state index is 13.8. The van der Waals surface area contributed by atoms with Crippen LogP contribution in [0.4, 0.5) is 35.1 Å². The van der Waals surface area contributed by atoms with Crippen molar-refractivity contribution in [2.24, 2.45) is 0 Å².